The molecule has 2 heterocycles. The largest absolute Gasteiger partial charge is 0.453 e. The summed E-state index contributed by atoms with van der Waals surface area (Å²) in [6, 6.07) is 83.4. The first kappa shape index (κ1) is 35.4. The van der Waals surface area contributed by atoms with E-state index >= 15 is 0 Å². The van der Waals surface area contributed by atoms with Gasteiger partial charge in [-0.1, -0.05) is 164 Å². The topological polar surface area (TPSA) is 17.4 Å². The van der Waals surface area contributed by atoms with Gasteiger partial charge >= 0.3 is 0 Å². The molecular formula is C60H38N2O. The maximum atomic E-state index is 6.68. The number of benzene rings is 11. The summed E-state index contributed by atoms with van der Waals surface area (Å²) in [5.74, 6) is 1.65. The molecule has 12 aromatic rings. The normalized spacial score (nSPS) is 12.2. The van der Waals surface area contributed by atoms with Gasteiger partial charge in [-0.2, -0.15) is 0 Å². The predicted molar refractivity (Wildman–Crippen MR) is 264 cm³/mol. The third-order valence-corrected chi connectivity index (χ3v) is 12.9. The number of aromatic nitrogens is 1. The van der Waals surface area contributed by atoms with Crippen LogP contribution < -0.4 is 9.64 Å². The van der Waals surface area contributed by atoms with Crippen molar-refractivity contribution in [2.75, 3.05) is 4.90 Å². The molecule has 11 aromatic carbocycles. The van der Waals surface area contributed by atoms with Gasteiger partial charge in [-0.15, -0.1) is 0 Å². The summed E-state index contributed by atoms with van der Waals surface area (Å²) in [5.41, 5.74) is 13.5. The van der Waals surface area contributed by atoms with Crippen LogP contribution in [0.3, 0.4) is 0 Å². The van der Waals surface area contributed by atoms with Gasteiger partial charge in [-0.3, -0.25) is 0 Å². The Morgan fingerprint density at radius 1 is 0.254 bits per heavy atom. The highest BCUT2D eigenvalue weighted by molar-refractivity contribution is 6.25. The van der Waals surface area contributed by atoms with Crippen molar-refractivity contribution >= 4 is 71.2 Å². The minimum atomic E-state index is 0.823. The van der Waals surface area contributed by atoms with Crippen molar-refractivity contribution < 1.29 is 4.74 Å². The molecule has 3 heteroatoms. The molecule has 0 bridgehead atoms. The van der Waals surface area contributed by atoms with E-state index in [-0.39, 0.29) is 0 Å². The molecule has 0 unspecified atom stereocenters. The van der Waals surface area contributed by atoms with E-state index < -0.39 is 0 Å². The standard InChI is InChI=1S/C60H38N2O/c1-2-14-39(15-3-1)42-18-13-19-45(35-42)62-56-26-10-11-27-59(56)63-60-37-44(29-33-57(60)62)41-17-12-16-40(34-41)43-28-31-53-52-24-8-9-25-55(52)61(58(53)36-43)46-30-32-51-49-22-5-4-20-47(49)48-21-6-7-23-50(48)54(51)38-46/h1-38H. The van der Waals surface area contributed by atoms with E-state index in [1.54, 1.807) is 0 Å². The Kier molecular flexibility index (Phi) is 7.91. The molecule has 1 aliphatic rings. The van der Waals surface area contributed by atoms with Crippen LogP contribution in [-0.2, 0) is 0 Å². The SMILES string of the molecule is c1ccc(-c2cccc(N3c4ccccc4Oc4cc(-c5cccc(-c6ccc7c8ccccc8n(-c8ccc9c%10ccccc%10c%10ccccc%10c9c8)c7c6)c5)ccc43)c2)cc1. The van der Waals surface area contributed by atoms with Gasteiger partial charge in [0.15, 0.2) is 11.5 Å². The molecule has 0 fully saturated rings. The highest BCUT2D eigenvalue weighted by Gasteiger charge is 2.26. The summed E-state index contributed by atoms with van der Waals surface area (Å²) in [4.78, 5) is 2.31. The maximum absolute atomic E-state index is 6.68. The lowest BCUT2D eigenvalue weighted by Crippen LogP contribution is -2.15. The van der Waals surface area contributed by atoms with E-state index in [0.717, 1.165) is 50.9 Å². The van der Waals surface area contributed by atoms with Crippen LogP contribution in [0.25, 0.3) is 93.2 Å². The smallest absolute Gasteiger partial charge is 0.152 e. The lowest BCUT2D eigenvalue weighted by Gasteiger charge is -2.33. The van der Waals surface area contributed by atoms with Crippen LogP contribution in [-0.4, -0.2) is 4.57 Å². The lowest BCUT2D eigenvalue weighted by molar-refractivity contribution is 0.477. The minimum absolute atomic E-state index is 0.823. The average Bonchev–Trinajstić information content (AvgIpc) is 3.69. The van der Waals surface area contributed by atoms with E-state index in [1.165, 1.54) is 70.8 Å². The third-order valence-electron chi connectivity index (χ3n) is 12.9. The van der Waals surface area contributed by atoms with E-state index in [1.807, 2.05) is 6.07 Å². The zero-order chi connectivity index (χ0) is 41.4. The summed E-state index contributed by atoms with van der Waals surface area (Å²) < 4.78 is 9.13. The fourth-order valence-electron chi connectivity index (χ4n) is 10.0. The number of hydrogen-bond donors (Lipinski definition) is 0. The number of fused-ring (bicyclic) bond motifs is 11. The van der Waals surface area contributed by atoms with E-state index in [9.17, 15) is 0 Å². The van der Waals surface area contributed by atoms with Crippen molar-refractivity contribution in [3.63, 3.8) is 0 Å². The van der Waals surface area contributed by atoms with Crippen molar-refractivity contribution in [2.45, 2.75) is 0 Å². The Labute approximate surface area is 364 Å². The van der Waals surface area contributed by atoms with Gasteiger partial charge in [0.05, 0.1) is 22.4 Å². The van der Waals surface area contributed by atoms with Crippen molar-refractivity contribution in [1.29, 1.82) is 0 Å². The Morgan fingerprint density at radius 2 is 0.778 bits per heavy atom. The minimum Gasteiger partial charge on any atom is -0.453 e. The van der Waals surface area contributed by atoms with Crippen molar-refractivity contribution in [3.8, 4) is 50.6 Å². The van der Waals surface area contributed by atoms with Gasteiger partial charge in [0.1, 0.15) is 0 Å². The quantitative estimate of drug-likeness (QED) is 0.161. The highest BCUT2D eigenvalue weighted by atomic mass is 16.5. The number of ether oxygens (including phenoxy) is 1. The number of nitrogens with zero attached hydrogens (tertiary/aromatic N) is 2. The molecule has 3 nitrogen and oxygen atoms in total. The second-order valence-corrected chi connectivity index (χ2v) is 16.5. The molecule has 13 rings (SSSR count). The van der Waals surface area contributed by atoms with Crippen molar-refractivity contribution in [2.24, 2.45) is 0 Å². The predicted octanol–water partition coefficient (Wildman–Crippen LogP) is 16.8. The highest BCUT2D eigenvalue weighted by Crippen LogP contribution is 2.52. The van der Waals surface area contributed by atoms with Gasteiger partial charge in [-0.05, 0) is 132 Å². The summed E-state index contributed by atoms with van der Waals surface area (Å²) in [5, 5.41) is 10.1. The van der Waals surface area contributed by atoms with E-state index in [2.05, 4.69) is 234 Å². The van der Waals surface area contributed by atoms with E-state index in [4.69, 9.17) is 4.74 Å². The lowest BCUT2D eigenvalue weighted by atomic mass is 9.94. The fraction of sp³-hybridized carbons (Fsp3) is 0. The molecule has 0 N–H and O–H groups in total. The maximum Gasteiger partial charge on any atom is 0.152 e. The van der Waals surface area contributed by atoms with Crippen LogP contribution in [0.2, 0.25) is 0 Å². The molecule has 0 amide bonds. The first-order valence-electron chi connectivity index (χ1n) is 21.6. The average molecular weight is 803 g/mol. The third kappa shape index (κ3) is 5.67. The molecule has 63 heavy (non-hydrogen) atoms. The fourth-order valence-corrected chi connectivity index (χ4v) is 10.0. The zero-order valence-electron chi connectivity index (χ0n) is 34.2. The molecule has 0 saturated heterocycles. The van der Waals surface area contributed by atoms with Crippen molar-refractivity contribution in [1.82, 2.24) is 4.57 Å². The van der Waals surface area contributed by atoms with Gasteiger partial charge in [0, 0.05) is 22.1 Å². The number of para-hydroxylation sites is 3. The van der Waals surface area contributed by atoms with Gasteiger partial charge in [0.2, 0.25) is 0 Å². The van der Waals surface area contributed by atoms with E-state index in [0.29, 0.717) is 0 Å². The molecule has 294 valence electrons. The van der Waals surface area contributed by atoms with Crippen LogP contribution in [0.1, 0.15) is 0 Å². The summed E-state index contributed by atoms with van der Waals surface area (Å²) in [6.07, 6.45) is 0. The van der Waals surface area contributed by atoms with Crippen LogP contribution in [0.4, 0.5) is 17.1 Å². The Bertz CT molecular complexity index is 3750. The van der Waals surface area contributed by atoms with Crippen molar-refractivity contribution in [3.05, 3.63) is 231 Å². The first-order valence-corrected chi connectivity index (χ1v) is 21.6. The molecule has 1 aliphatic heterocycles. The van der Waals surface area contributed by atoms with Crippen LogP contribution in [0, 0.1) is 0 Å². The Morgan fingerprint density at radius 3 is 1.56 bits per heavy atom. The second kappa shape index (κ2) is 14.1. The molecule has 0 atom stereocenters. The monoisotopic (exact) mass is 802 g/mol. The Balaban J connectivity index is 0.915. The summed E-state index contributed by atoms with van der Waals surface area (Å²) >= 11 is 0. The molecule has 0 aliphatic carbocycles. The van der Waals surface area contributed by atoms with Crippen LogP contribution in [0.5, 0.6) is 11.5 Å². The molecule has 0 radical (unpaired) electrons. The Hall–Kier alpha value is -8.40. The molecule has 0 saturated carbocycles. The van der Waals surface area contributed by atoms with Crippen LogP contribution >= 0.6 is 0 Å². The molecule has 0 spiro atoms. The van der Waals surface area contributed by atoms with Gasteiger partial charge < -0.3 is 14.2 Å². The molecule has 1 aromatic heterocycles. The second-order valence-electron chi connectivity index (χ2n) is 16.5. The van der Waals surface area contributed by atoms with Crippen LogP contribution in [0.15, 0.2) is 231 Å². The number of hydrogen-bond acceptors (Lipinski definition) is 2. The van der Waals surface area contributed by atoms with Gasteiger partial charge in [0.25, 0.3) is 0 Å². The number of rotatable bonds is 5. The first-order chi connectivity index (χ1) is 31.2. The summed E-state index contributed by atoms with van der Waals surface area (Å²) in [7, 11) is 0. The summed E-state index contributed by atoms with van der Waals surface area (Å²) in [6.45, 7) is 0. The number of anilines is 3. The molecular weight excluding hydrogens is 765 g/mol. The van der Waals surface area contributed by atoms with Gasteiger partial charge in [-0.25, -0.2) is 0 Å². The zero-order valence-corrected chi connectivity index (χ0v) is 34.2.